The van der Waals surface area contributed by atoms with E-state index in [0.29, 0.717) is 0 Å². The summed E-state index contributed by atoms with van der Waals surface area (Å²) in [6, 6.07) is 3.95. The summed E-state index contributed by atoms with van der Waals surface area (Å²) >= 11 is 0. The van der Waals surface area contributed by atoms with Gasteiger partial charge in [-0.05, 0) is 12.1 Å². The lowest BCUT2D eigenvalue weighted by Crippen LogP contribution is -1.83. The molecule has 1 aromatic heterocycles. The van der Waals surface area contributed by atoms with Crippen LogP contribution in [0.25, 0.3) is 0 Å². The summed E-state index contributed by atoms with van der Waals surface area (Å²) in [4.78, 5) is 2.96. The van der Waals surface area contributed by atoms with Gasteiger partial charge < -0.3 is 4.98 Å². The number of H-pyrrole nitrogens is 1. The Morgan fingerprint density at radius 1 is 1.67 bits per heavy atom. The van der Waals surface area contributed by atoms with Gasteiger partial charge in [0.05, 0.1) is 0 Å². The maximum atomic E-state index is 2.96. The van der Waals surface area contributed by atoms with Crippen molar-refractivity contribution >= 4 is 14.7 Å². The second-order valence-electron chi connectivity index (χ2n) is 1.13. The zero-order valence-electron chi connectivity index (χ0n) is 3.31. The molecule has 0 amide bonds. The number of hydrogen-bond donors (Lipinski definition) is 1. The fraction of sp³-hybridized carbons (Fsp3) is 0. The van der Waals surface area contributed by atoms with Crippen molar-refractivity contribution in [2.45, 2.75) is 0 Å². The second-order valence-corrected chi connectivity index (χ2v) is 1.75. The van der Waals surface area contributed by atoms with E-state index in [1.165, 1.54) is 0 Å². The van der Waals surface area contributed by atoms with E-state index < -0.39 is 0 Å². The Bertz CT molecular complexity index is 111. The average molecular weight is 99.1 g/mol. The molecule has 1 heterocycles. The van der Waals surface area contributed by atoms with E-state index in [2.05, 4.69) is 14.2 Å². The zero-order valence-corrected chi connectivity index (χ0v) is 4.46. The fourth-order valence-electron chi connectivity index (χ4n) is 0.344. The van der Waals surface area contributed by atoms with Crippen LogP contribution >= 0.6 is 9.24 Å². The lowest BCUT2D eigenvalue weighted by Gasteiger charge is -1.70. The summed E-state index contributed by atoms with van der Waals surface area (Å²) in [5.74, 6) is 0. The smallest absolute Gasteiger partial charge is 0.0320 e. The molecule has 1 rings (SSSR count). The summed E-state index contributed by atoms with van der Waals surface area (Å²) in [5.41, 5.74) is 1.13. The van der Waals surface area contributed by atoms with Gasteiger partial charge in [-0.2, -0.15) is 0 Å². The van der Waals surface area contributed by atoms with E-state index in [9.17, 15) is 0 Å². The third kappa shape index (κ3) is 0.605. The van der Waals surface area contributed by atoms with E-state index in [-0.39, 0.29) is 0 Å². The molecule has 1 atom stereocenters. The summed E-state index contributed by atoms with van der Waals surface area (Å²) in [6.45, 7) is 0. The quantitative estimate of drug-likeness (QED) is 0.456. The number of aromatic amines is 1. The standard InChI is InChI=1S/C4H6NP/c6-4-2-1-3-5-4/h1-3,5H,6H2. The normalized spacial score (nSPS) is 8.83. The van der Waals surface area contributed by atoms with Crippen LogP contribution in [0.4, 0.5) is 0 Å². The van der Waals surface area contributed by atoms with Crippen molar-refractivity contribution in [3.63, 3.8) is 0 Å². The van der Waals surface area contributed by atoms with Crippen LogP contribution in [-0.2, 0) is 0 Å². The Balaban J connectivity index is 3.05. The summed E-state index contributed by atoms with van der Waals surface area (Å²) in [7, 11) is 2.56. The van der Waals surface area contributed by atoms with Gasteiger partial charge in [-0.25, -0.2) is 0 Å². The summed E-state index contributed by atoms with van der Waals surface area (Å²) in [5, 5.41) is 0. The predicted octanol–water partition coefficient (Wildman–Crippen LogP) is 0.515. The van der Waals surface area contributed by atoms with Gasteiger partial charge in [-0.15, -0.1) is 0 Å². The highest BCUT2D eigenvalue weighted by Crippen LogP contribution is 1.80. The molecule has 0 aliphatic carbocycles. The molecule has 32 valence electrons. The summed E-state index contributed by atoms with van der Waals surface area (Å²) < 4.78 is 0. The highest BCUT2D eigenvalue weighted by atomic mass is 31.0. The fourth-order valence-corrected chi connectivity index (χ4v) is 0.552. The Hall–Kier alpha value is -0.290. The van der Waals surface area contributed by atoms with Crippen LogP contribution in [-0.4, -0.2) is 4.98 Å². The maximum Gasteiger partial charge on any atom is 0.0320 e. The second kappa shape index (κ2) is 1.44. The van der Waals surface area contributed by atoms with E-state index in [1.54, 1.807) is 0 Å². The monoisotopic (exact) mass is 99.0 g/mol. The first-order chi connectivity index (χ1) is 2.89. The summed E-state index contributed by atoms with van der Waals surface area (Å²) in [6.07, 6.45) is 1.89. The van der Waals surface area contributed by atoms with E-state index >= 15 is 0 Å². The van der Waals surface area contributed by atoms with Crippen LogP contribution in [0.15, 0.2) is 18.3 Å². The van der Waals surface area contributed by atoms with Gasteiger partial charge in [0, 0.05) is 11.6 Å². The van der Waals surface area contributed by atoms with Crippen molar-refractivity contribution < 1.29 is 0 Å². The molecule has 0 saturated carbocycles. The van der Waals surface area contributed by atoms with Gasteiger partial charge in [0.2, 0.25) is 0 Å². The molecule has 0 aliphatic rings. The molecule has 1 aromatic rings. The SMILES string of the molecule is Pc1ccc[nH]1. The van der Waals surface area contributed by atoms with Gasteiger partial charge >= 0.3 is 0 Å². The van der Waals surface area contributed by atoms with Gasteiger partial charge in [0.1, 0.15) is 0 Å². The Morgan fingerprint density at radius 2 is 2.50 bits per heavy atom. The van der Waals surface area contributed by atoms with Crippen LogP contribution < -0.4 is 5.44 Å². The number of rotatable bonds is 0. The van der Waals surface area contributed by atoms with Crippen LogP contribution in [0.3, 0.4) is 0 Å². The van der Waals surface area contributed by atoms with Crippen molar-refractivity contribution in [2.24, 2.45) is 0 Å². The third-order valence-corrected chi connectivity index (χ3v) is 0.981. The Labute approximate surface area is 39.0 Å². The van der Waals surface area contributed by atoms with Gasteiger partial charge in [-0.1, -0.05) is 9.24 Å². The van der Waals surface area contributed by atoms with Crippen molar-refractivity contribution in [1.82, 2.24) is 4.98 Å². The zero-order chi connectivity index (χ0) is 4.41. The van der Waals surface area contributed by atoms with E-state index in [1.807, 2.05) is 18.3 Å². The van der Waals surface area contributed by atoms with Gasteiger partial charge in [0.25, 0.3) is 0 Å². The average Bonchev–Trinajstić information content (AvgIpc) is 1.86. The highest BCUT2D eigenvalue weighted by Gasteiger charge is 1.72. The van der Waals surface area contributed by atoms with Crippen LogP contribution in [0, 0.1) is 0 Å². The van der Waals surface area contributed by atoms with Crippen LogP contribution in [0.2, 0.25) is 0 Å². The molecule has 6 heavy (non-hydrogen) atoms. The molecule has 0 radical (unpaired) electrons. The Kier molecular flexibility index (Phi) is 0.932. The van der Waals surface area contributed by atoms with Gasteiger partial charge in [0.15, 0.2) is 0 Å². The minimum absolute atomic E-state index is 1.13. The first-order valence-corrected chi connectivity index (χ1v) is 2.36. The molecule has 1 unspecified atom stereocenters. The largest absolute Gasteiger partial charge is 0.362 e. The Morgan fingerprint density at radius 3 is 2.67 bits per heavy atom. The molecular formula is C4H6NP. The molecule has 0 fully saturated rings. The molecular weight excluding hydrogens is 93.0 g/mol. The van der Waals surface area contributed by atoms with Crippen molar-refractivity contribution in [3.05, 3.63) is 18.3 Å². The molecule has 1 nitrogen and oxygen atoms in total. The molecule has 0 spiro atoms. The number of hydrogen-bond acceptors (Lipinski definition) is 0. The lowest BCUT2D eigenvalue weighted by molar-refractivity contribution is 1.48. The van der Waals surface area contributed by atoms with E-state index in [4.69, 9.17) is 0 Å². The molecule has 0 aliphatic heterocycles. The maximum absolute atomic E-state index is 2.96. The lowest BCUT2D eigenvalue weighted by atomic mass is 10.7. The molecule has 1 N–H and O–H groups in total. The number of nitrogens with one attached hydrogen (secondary N) is 1. The molecule has 2 heteroatoms. The first-order valence-electron chi connectivity index (χ1n) is 1.78. The van der Waals surface area contributed by atoms with Crippen LogP contribution in [0.1, 0.15) is 0 Å². The van der Waals surface area contributed by atoms with Crippen LogP contribution in [0.5, 0.6) is 0 Å². The third-order valence-electron chi connectivity index (χ3n) is 0.622. The van der Waals surface area contributed by atoms with Crippen molar-refractivity contribution in [1.29, 1.82) is 0 Å². The molecule has 0 bridgehead atoms. The highest BCUT2D eigenvalue weighted by molar-refractivity contribution is 7.26. The van der Waals surface area contributed by atoms with Crippen molar-refractivity contribution in [2.75, 3.05) is 0 Å². The minimum Gasteiger partial charge on any atom is -0.362 e. The minimum atomic E-state index is 1.13. The van der Waals surface area contributed by atoms with Gasteiger partial charge in [-0.3, -0.25) is 0 Å². The van der Waals surface area contributed by atoms with Crippen molar-refractivity contribution in [3.8, 4) is 0 Å². The van der Waals surface area contributed by atoms with E-state index in [0.717, 1.165) is 5.44 Å². The predicted molar refractivity (Wildman–Crippen MR) is 30.1 cm³/mol. The first kappa shape index (κ1) is 3.89. The molecule has 0 aromatic carbocycles. The molecule has 0 saturated heterocycles. The topological polar surface area (TPSA) is 15.8 Å². The number of aromatic nitrogens is 1.